The van der Waals surface area contributed by atoms with E-state index in [2.05, 4.69) is 0 Å². The molecule has 2 bridgehead atoms. The molecule has 5 unspecified atom stereocenters. The van der Waals surface area contributed by atoms with Gasteiger partial charge in [0, 0.05) is 11.8 Å². The quantitative estimate of drug-likeness (QED) is 0.656. The number of Topliss-reactive ketones (excluding diaryl/α,β-unsaturated/α-hetero) is 1. The Morgan fingerprint density at radius 2 is 1.57 bits per heavy atom. The van der Waals surface area contributed by atoms with E-state index in [1.807, 2.05) is 6.92 Å². The zero-order valence-corrected chi connectivity index (χ0v) is 13.2. The van der Waals surface area contributed by atoms with E-state index in [0.29, 0.717) is 12.8 Å². The minimum absolute atomic E-state index is 0.0579. The lowest BCUT2D eigenvalue weighted by Gasteiger charge is -2.42. The Hall–Kier alpha value is -0.940. The van der Waals surface area contributed by atoms with Crippen LogP contribution in [0.15, 0.2) is 0 Å². The van der Waals surface area contributed by atoms with E-state index < -0.39 is 36.1 Å². The third-order valence-electron chi connectivity index (χ3n) is 5.41. The molecular formula is C16H26O5. The fraction of sp³-hybridized carbons (Fsp3) is 0.875. The highest BCUT2D eigenvalue weighted by molar-refractivity contribution is 5.84. The highest BCUT2D eigenvalue weighted by Crippen LogP contribution is 2.40. The fourth-order valence-corrected chi connectivity index (χ4v) is 3.65. The van der Waals surface area contributed by atoms with Crippen LogP contribution in [0, 0.1) is 29.6 Å². The van der Waals surface area contributed by atoms with Crippen LogP contribution in [0.1, 0.15) is 40.5 Å². The number of carbonyl (C=O) groups is 2. The molecule has 5 nitrogen and oxygen atoms in total. The molecule has 0 aromatic carbocycles. The molecule has 0 aromatic rings. The zero-order chi connectivity index (χ0) is 15.9. The summed E-state index contributed by atoms with van der Waals surface area (Å²) < 4.78 is 5.32. The summed E-state index contributed by atoms with van der Waals surface area (Å²) in [6.07, 6.45) is -1.08. The van der Waals surface area contributed by atoms with Crippen LogP contribution >= 0.6 is 0 Å². The van der Waals surface area contributed by atoms with Gasteiger partial charge in [0.25, 0.3) is 0 Å². The number of hydrogen-bond donors (Lipinski definition) is 2. The average molecular weight is 298 g/mol. The Morgan fingerprint density at radius 1 is 0.952 bits per heavy atom. The minimum Gasteiger partial charge on any atom is -0.462 e. The summed E-state index contributed by atoms with van der Waals surface area (Å²) in [5, 5.41) is 20.8. The van der Waals surface area contributed by atoms with Crippen LogP contribution in [0.4, 0.5) is 0 Å². The van der Waals surface area contributed by atoms with Gasteiger partial charge in [-0.05, 0) is 32.6 Å². The largest absolute Gasteiger partial charge is 0.462 e. The number of aliphatic hydroxyl groups is 2. The molecule has 2 N–H and O–H groups in total. The van der Waals surface area contributed by atoms with Crippen molar-refractivity contribution in [3.05, 3.63) is 0 Å². The predicted molar refractivity (Wildman–Crippen MR) is 76.3 cm³/mol. The van der Waals surface area contributed by atoms with Gasteiger partial charge < -0.3 is 14.9 Å². The summed E-state index contributed by atoms with van der Waals surface area (Å²) in [5.41, 5.74) is 0. The van der Waals surface area contributed by atoms with Crippen LogP contribution in [-0.4, -0.2) is 40.3 Å². The van der Waals surface area contributed by atoms with Crippen molar-refractivity contribution in [3.63, 3.8) is 0 Å². The Labute approximate surface area is 125 Å². The van der Waals surface area contributed by atoms with Gasteiger partial charge in [0.05, 0.1) is 24.0 Å². The van der Waals surface area contributed by atoms with Crippen LogP contribution in [0.25, 0.3) is 0 Å². The molecule has 8 atom stereocenters. The molecule has 1 saturated heterocycles. The summed E-state index contributed by atoms with van der Waals surface area (Å²) in [4.78, 5) is 24.7. The molecule has 1 saturated carbocycles. The Morgan fingerprint density at radius 3 is 2.19 bits per heavy atom. The highest BCUT2D eigenvalue weighted by Gasteiger charge is 2.46. The molecule has 5 heteroatoms. The van der Waals surface area contributed by atoms with E-state index in [1.165, 1.54) is 0 Å². The number of carbonyl (C=O) groups excluding carboxylic acids is 2. The second-order valence-corrected chi connectivity index (χ2v) is 6.91. The molecule has 0 radical (unpaired) electrons. The maximum Gasteiger partial charge on any atom is 0.311 e. The first-order valence-electron chi connectivity index (χ1n) is 7.84. The van der Waals surface area contributed by atoms with Gasteiger partial charge in [-0.25, -0.2) is 0 Å². The molecular weight excluding hydrogens is 272 g/mol. The molecule has 21 heavy (non-hydrogen) atoms. The van der Waals surface area contributed by atoms with Gasteiger partial charge in [-0.1, -0.05) is 13.8 Å². The van der Waals surface area contributed by atoms with Crippen molar-refractivity contribution in [1.29, 1.82) is 0 Å². The first kappa shape index (κ1) is 16.4. The molecule has 1 aliphatic carbocycles. The number of cyclic esters (lactones) is 1. The number of aliphatic hydroxyl groups excluding tert-OH is 2. The maximum atomic E-state index is 12.6. The van der Waals surface area contributed by atoms with Crippen LogP contribution in [0.2, 0.25) is 0 Å². The normalized spacial score (nSPS) is 48.7. The fourth-order valence-electron chi connectivity index (χ4n) is 3.65. The van der Waals surface area contributed by atoms with Crippen molar-refractivity contribution in [3.8, 4) is 0 Å². The molecule has 2 rings (SSSR count). The van der Waals surface area contributed by atoms with E-state index in [-0.39, 0.29) is 23.5 Å². The number of rotatable bonds is 0. The summed E-state index contributed by atoms with van der Waals surface area (Å²) in [7, 11) is 0. The van der Waals surface area contributed by atoms with E-state index in [1.54, 1.807) is 20.8 Å². The molecule has 0 spiro atoms. The van der Waals surface area contributed by atoms with Crippen molar-refractivity contribution in [2.45, 2.75) is 58.8 Å². The van der Waals surface area contributed by atoms with Crippen LogP contribution in [0.5, 0.6) is 0 Å². The lowest BCUT2D eigenvalue weighted by Crippen LogP contribution is -2.50. The summed E-state index contributed by atoms with van der Waals surface area (Å²) in [5.74, 6) is -2.17. The van der Waals surface area contributed by atoms with Crippen molar-refractivity contribution < 1.29 is 24.5 Å². The molecule has 0 aromatic heterocycles. The van der Waals surface area contributed by atoms with Gasteiger partial charge >= 0.3 is 5.97 Å². The maximum absolute atomic E-state index is 12.6. The zero-order valence-electron chi connectivity index (χ0n) is 13.2. The van der Waals surface area contributed by atoms with Gasteiger partial charge in [-0.15, -0.1) is 0 Å². The third-order valence-corrected chi connectivity index (χ3v) is 5.41. The van der Waals surface area contributed by atoms with Gasteiger partial charge in [-0.3, -0.25) is 9.59 Å². The molecule has 2 aliphatic rings. The molecule has 1 aliphatic heterocycles. The molecule has 1 heterocycles. The van der Waals surface area contributed by atoms with Crippen LogP contribution in [-0.2, 0) is 14.3 Å². The Kier molecular flexibility index (Phi) is 4.73. The monoisotopic (exact) mass is 298 g/mol. The molecule has 2 fully saturated rings. The van der Waals surface area contributed by atoms with Crippen molar-refractivity contribution in [2.24, 2.45) is 29.6 Å². The molecule has 120 valence electrons. The van der Waals surface area contributed by atoms with Crippen molar-refractivity contribution in [2.75, 3.05) is 0 Å². The minimum atomic E-state index is -0.980. The first-order valence-corrected chi connectivity index (χ1v) is 7.84. The summed E-state index contributed by atoms with van der Waals surface area (Å²) >= 11 is 0. The summed E-state index contributed by atoms with van der Waals surface area (Å²) in [6.45, 7) is 7.02. The van der Waals surface area contributed by atoms with Crippen LogP contribution in [0.3, 0.4) is 0 Å². The number of fused-ring (bicyclic) bond motifs is 2. The number of ketones is 1. The Bertz CT molecular complexity index is 421. The van der Waals surface area contributed by atoms with E-state index in [0.717, 1.165) is 0 Å². The highest BCUT2D eigenvalue weighted by atomic mass is 16.5. The smallest absolute Gasteiger partial charge is 0.311 e. The van der Waals surface area contributed by atoms with Crippen molar-refractivity contribution >= 4 is 11.8 Å². The lowest BCUT2D eigenvalue weighted by molar-refractivity contribution is -0.168. The predicted octanol–water partition coefficient (Wildman–Crippen LogP) is 1.16. The van der Waals surface area contributed by atoms with Gasteiger partial charge in [0.1, 0.15) is 11.9 Å². The number of hydrogen-bond acceptors (Lipinski definition) is 5. The van der Waals surface area contributed by atoms with E-state index in [9.17, 15) is 19.8 Å². The van der Waals surface area contributed by atoms with E-state index >= 15 is 0 Å². The topological polar surface area (TPSA) is 83.8 Å². The third kappa shape index (κ3) is 2.99. The molecule has 0 amide bonds. The number of ether oxygens (including phenoxy) is 1. The first-order chi connectivity index (χ1) is 9.73. The second-order valence-electron chi connectivity index (χ2n) is 6.91. The SMILES string of the molecule is CC1OC(=O)C(C)[C@@H](O)[C@@H]2CC(CC(C)[C@@H]2O)C(=O)C1C. The summed E-state index contributed by atoms with van der Waals surface area (Å²) in [6, 6.07) is 0. The average Bonchev–Trinajstić information content (AvgIpc) is 2.45. The number of esters is 1. The van der Waals surface area contributed by atoms with Crippen LogP contribution < -0.4 is 0 Å². The van der Waals surface area contributed by atoms with Gasteiger partial charge in [0.2, 0.25) is 0 Å². The van der Waals surface area contributed by atoms with Gasteiger partial charge in [-0.2, -0.15) is 0 Å². The van der Waals surface area contributed by atoms with Gasteiger partial charge in [0.15, 0.2) is 0 Å². The van der Waals surface area contributed by atoms with E-state index in [4.69, 9.17) is 4.74 Å². The van der Waals surface area contributed by atoms with Crippen molar-refractivity contribution in [1.82, 2.24) is 0 Å². The Balaban J connectivity index is 2.35. The standard InChI is InChI=1S/C16H26O5/c1-7-5-11-6-12(13(7)17)15(19)9(3)16(20)21-10(4)8(2)14(11)18/h7-13,15,17,19H,5-6H2,1-4H3/t7?,8?,9?,10?,11?,12-,13+,15-/m1/s1. The second kappa shape index (κ2) is 6.05. The lowest BCUT2D eigenvalue weighted by atomic mass is 9.67.